The Hall–Kier alpha value is -1.67. The molecule has 6 nitrogen and oxygen atoms in total. The van der Waals surface area contributed by atoms with Crippen molar-refractivity contribution in [2.75, 3.05) is 10.5 Å². The number of aromatic nitrogens is 2. The number of hydrogen-bond acceptors (Lipinski definition) is 5. The van der Waals surface area contributed by atoms with E-state index in [1.54, 1.807) is 12.1 Å². The third-order valence-electron chi connectivity index (χ3n) is 2.05. The van der Waals surface area contributed by atoms with E-state index in [0.717, 1.165) is 0 Å². The number of pyridine rings is 2. The Kier molecular flexibility index (Phi) is 3.48. The van der Waals surface area contributed by atoms with E-state index in [1.165, 1.54) is 24.5 Å². The van der Waals surface area contributed by atoms with Gasteiger partial charge in [-0.15, -0.1) is 0 Å². The van der Waals surface area contributed by atoms with Crippen LogP contribution in [0.5, 0.6) is 0 Å². The summed E-state index contributed by atoms with van der Waals surface area (Å²) < 4.78 is 26.9. The van der Waals surface area contributed by atoms with Gasteiger partial charge in [-0.2, -0.15) is 0 Å². The van der Waals surface area contributed by atoms with Gasteiger partial charge in [0.25, 0.3) is 10.0 Å². The van der Waals surface area contributed by atoms with Crippen LogP contribution in [-0.2, 0) is 10.0 Å². The maximum absolute atomic E-state index is 12.0. The largest absolute Gasteiger partial charge is 0.384 e. The first-order chi connectivity index (χ1) is 8.47. The van der Waals surface area contributed by atoms with Gasteiger partial charge in [-0.1, -0.05) is 0 Å². The van der Waals surface area contributed by atoms with Crippen molar-refractivity contribution < 1.29 is 8.42 Å². The molecule has 0 aliphatic carbocycles. The molecule has 0 aliphatic heterocycles. The van der Waals surface area contributed by atoms with Crippen LogP contribution in [0, 0.1) is 0 Å². The number of halogens is 1. The van der Waals surface area contributed by atoms with E-state index in [1.807, 2.05) is 0 Å². The van der Waals surface area contributed by atoms with E-state index < -0.39 is 10.0 Å². The predicted molar refractivity (Wildman–Crippen MR) is 71.4 cm³/mol. The van der Waals surface area contributed by atoms with Crippen molar-refractivity contribution >= 4 is 37.5 Å². The van der Waals surface area contributed by atoms with Crippen molar-refractivity contribution in [2.45, 2.75) is 4.90 Å². The number of anilines is 2. The van der Waals surface area contributed by atoms with Gasteiger partial charge in [-0.25, -0.2) is 18.4 Å². The van der Waals surface area contributed by atoms with Crippen LogP contribution in [0.25, 0.3) is 0 Å². The molecule has 3 N–H and O–H groups in total. The molecule has 0 saturated heterocycles. The zero-order valence-electron chi connectivity index (χ0n) is 9.04. The second-order valence-electron chi connectivity index (χ2n) is 3.39. The van der Waals surface area contributed by atoms with Crippen LogP contribution in [0.2, 0.25) is 0 Å². The van der Waals surface area contributed by atoms with Crippen LogP contribution in [0.3, 0.4) is 0 Å². The molecule has 2 aromatic rings. The quantitative estimate of drug-likeness (QED) is 0.834. The molecule has 0 amide bonds. The molecule has 2 rings (SSSR count). The molecule has 0 saturated carbocycles. The molecule has 0 aliphatic rings. The number of nitrogen functional groups attached to an aromatic ring is 1. The summed E-state index contributed by atoms with van der Waals surface area (Å²) in [5.74, 6) is 0.263. The van der Waals surface area contributed by atoms with Crippen LogP contribution in [0.15, 0.2) is 46.2 Å². The van der Waals surface area contributed by atoms with Crippen LogP contribution < -0.4 is 10.5 Å². The van der Waals surface area contributed by atoms with E-state index >= 15 is 0 Å². The lowest BCUT2D eigenvalue weighted by Gasteiger charge is -2.07. The SMILES string of the molecule is Nc1ccc(S(=O)(=O)Nc2ccc(Br)nc2)cn1. The summed E-state index contributed by atoms with van der Waals surface area (Å²) >= 11 is 3.17. The van der Waals surface area contributed by atoms with Crippen molar-refractivity contribution in [3.05, 3.63) is 41.3 Å². The van der Waals surface area contributed by atoms with Crippen LogP contribution >= 0.6 is 15.9 Å². The Balaban J connectivity index is 2.27. The molecule has 0 atom stereocenters. The van der Waals surface area contributed by atoms with Crippen LogP contribution in [0.4, 0.5) is 11.5 Å². The highest BCUT2D eigenvalue weighted by atomic mass is 79.9. The summed E-state index contributed by atoms with van der Waals surface area (Å²) in [5, 5.41) is 0. The van der Waals surface area contributed by atoms with Gasteiger partial charge < -0.3 is 5.73 Å². The van der Waals surface area contributed by atoms with E-state index in [9.17, 15) is 8.42 Å². The lowest BCUT2D eigenvalue weighted by Crippen LogP contribution is -2.13. The van der Waals surface area contributed by atoms with Gasteiger partial charge in [0.1, 0.15) is 15.3 Å². The van der Waals surface area contributed by atoms with E-state index in [2.05, 4.69) is 30.6 Å². The third kappa shape index (κ3) is 2.96. The molecular weight excluding hydrogens is 320 g/mol. The van der Waals surface area contributed by atoms with Crippen molar-refractivity contribution in [1.29, 1.82) is 0 Å². The molecule has 2 aromatic heterocycles. The Morgan fingerprint density at radius 2 is 1.89 bits per heavy atom. The molecule has 0 unspecified atom stereocenters. The van der Waals surface area contributed by atoms with Gasteiger partial charge in [-0.05, 0) is 40.2 Å². The van der Waals surface area contributed by atoms with Crippen molar-refractivity contribution in [3.63, 3.8) is 0 Å². The second-order valence-corrected chi connectivity index (χ2v) is 5.89. The smallest absolute Gasteiger partial charge is 0.263 e. The molecule has 18 heavy (non-hydrogen) atoms. The van der Waals surface area contributed by atoms with Crippen molar-refractivity contribution in [1.82, 2.24) is 9.97 Å². The molecule has 0 fully saturated rings. The van der Waals surface area contributed by atoms with Crippen molar-refractivity contribution in [2.24, 2.45) is 0 Å². The van der Waals surface area contributed by atoms with Gasteiger partial charge >= 0.3 is 0 Å². The lowest BCUT2D eigenvalue weighted by atomic mass is 10.4. The minimum Gasteiger partial charge on any atom is -0.384 e. The average molecular weight is 329 g/mol. The molecule has 0 radical (unpaired) electrons. The van der Waals surface area contributed by atoms with Gasteiger partial charge in [0, 0.05) is 6.20 Å². The molecule has 0 aromatic carbocycles. The number of nitrogens with zero attached hydrogens (tertiary/aromatic N) is 2. The molecule has 0 spiro atoms. The third-order valence-corrected chi connectivity index (χ3v) is 3.88. The number of hydrogen-bond donors (Lipinski definition) is 2. The average Bonchev–Trinajstić information content (AvgIpc) is 2.32. The fourth-order valence-corrected chi connectivity index (χ4v) is 2.42. The van der Waals surface area contributed by atoms with Gasteiger partial charge in [0.05, 0.1) is 11.9 Å². The van der Waals surface area contributed by atoms with Crippen LogP contribution in [0.1, 0.15) is 0 Å². The minimum atomic E-state index is -3.67. The minimum absolute atomic E-state index is 0.0413. The highest BCUT2D eigenvalue weighted by Crippen LogP contribution is 2.16. The summed E-state index contributed by atoms with van der Waals surface area (Å²) in [4.78, 5) is 7.70. The Morgan fingerprint density at radius 3 is 2.44 bits per heavy atom. The Labute approximate surface area is 112 Å². The number of rotatable bonds is 3. The summed E-state index contributed by atoms with van der Waals surface area (Å²) in [5.41, 5.74) is 5.77. The van der Waals surface area contributed by atoms with E-state index in [-0.39, 0.29) is 10.7 Å². The zero-order chi connectivity index (χ0) is 13.2. The molecular formula is C10H9BrN4O2S. The van der Waals surface area contributed by atoms with Crippen LogP contribution in [-0.4, -0.2) is 18.4 Å². The maximum atomic E-state index is 12.0. The highest BCUT2D eigenvalue weighted by Gasteiger charge is 2.14. The Morgan fingerprint density at radius 1 is 1.11 bits per heavy atom. The predicted octanol–water partition coefficient (Wildman–Crippen LogP) is 1.62. The van der Waals surface area contributed by atoms with E-state index in [0.29, 0.717) is 10.3 Å². The number of sulfonamides is 1. The van der Waals surface area contributed by atoms with Gasteiger partial charge in [0.15, 0.2) is 0 Å². The second kappa shape index (κ2) is 4.91. The fraction of sp³-hybridized carbons (Fsp3) is 0. The number of nitrogens with two attached hydrogens (primary N) is 1. The van der Waals surface area contributed by atoms with E-state index in [4.69, 9.17) is 5.73 Å². The molecule has 0 bridgehead atoms. The Bertz CT molecular complexity index is 641. The topological polar surface area (TPSA) is 98.0 Å². The highest BCUT2D eigenvalue weighted by molar-refractivity contribution is 9.10. The molecule has 94 valence electrons. The first kappa shape index (κ1) is 12.8. The first-order valence-electron chi connectivity index (χ1n) is 4.83. The summed E-state index contributed by atoms with van der Waals surface area (Å²) in [7, 11) is -3.67. The zero-order valence-corrected chi connectivity index (χ0v) is 11.4. The van der Waals surface area contributed by atoms with Gasteiger partial charge in [0.2, 0.25) is 0 Å². The monoisotopic (exact) mass is 328 g/mol. The fourth-order valence-electron chi connectivity index (χ4n) is 1.20. The summed E-state index contributed by atoms with van der Waals surface area (Å²) in [6, 6.07) is 6.05. The normalized spacial score (nSPS) is 11.2. The lowest BCUT2D eigenvalue weighted by molar-refractivity contribution is 0.601. The summed E-state index contributed by atoms with van der Waals surface area (Å²) in [6.45, 7) is 0. The number of nitrogens with one attached hydrogen (secondary N) is 1. The molecule has 8 heteroatoms. The maximum Gasteiger partial charge on any atom is 0.263 e. The standard InChI is InChI=1S/C10H9BrN4O2S/c11-9-3-1-7(5-13-9)15-18(16,17)8-2-4-10(12)14-6-8/h1-6,15H,(H2,12,14). The summed E-state index contributed by atoms with van der Waals surface area (Å²) in [6.07, 6.45) is 2.61. The molecule has 2 heterocycles. The van der Waals surface area contributed by atoms with Gasteiger partial charge in [-0.3, -0.25) is 4.72 Å². The van der Waals surface area contributed by atoms with Crippen molar-refractivity contribution in [3.8, 4) is 0 Å². The first-order valence-corrected chi connectivity index (χ1v) is 7.11.